The van der Waals surface area contributed by atoms with Gasteiger partial charge in [0.05, 0.1) is 0 Å². The van der Waals surface area contributed by atoms with Crippen LogP contribution in [0, 0.1) is 20.9 Å². The predicted octanol–water partition coefficient (Wildman–Crippen LogP) is 2.59. The summed E-state index contributed by atoms with van der Waals surface area (Å²) in [5.41, 5.74) is 0. The molecule has 1 heteroatoms. The van der Waals surface area contributed by atoms with E-state index in [0.717, 1.165) is 0 Å². The third-order valence-electron chi connectivity index (χ3n) is 0.810. The molecule has 1 aliphatic carbocycles. The first kappa shape index (κ1) is 16.1. The fourth-order valence-electron chi connectivity index (χ4n) is 0.482. The minimum atomic E-state index is 0. The van der Waals surface area contributed by atoms with Gasteiger partial charge in [-0.05, 0) is 0 Å². The molecule has 0 saturated carbocycles. The van der Waals surface area contributed by atoms with Crippen molar-refractivity contribution in [2.45, 2.75) is 12.8 Å². The van der Waals surface area contributed by atoms with Crippen LogP contribution >= 0.6 is 0 Å². The molecule has 0 heterocycles. The normalized spacial score (nSPS) is 12.4. The summed E-state index contributed by atoms with van der Waals surface area (Å²) in [7, 11) is 0. The molecule has 58 valence electrons. The van der Waals surface area contributed by atoms with E-state index in [2.05, 4.69) is 18.2 Å². The van der Waals surface area contributed by atoms with E-state index >= 15 is 0 Å². The maximum absolute atomic E-state index is 2.98. The first-order valence-electron chi connectivity index (χ1n) is 2.23. The Morgan fingerprint density at radius 1 is 1.11 bits per heavy atom. The zero-order valence-corrected chi connectivity index (χ0v) is 8.23. The van der Waals surface area contributed by atoms with Crippen LogP contribution in [-0.2, 0) is 21.1 Å². The summed E-state index contributed by atoms with van der Waals surface area (Å²) in [5.74, 6) is 0. The summed E-state index contributed by atoms with van der Waals surface area (Å²) < 4.78 is 0. The molecule has 0 saturated heterocycles. The van der Waals surface area contributed by atoms with Gasteiger partial charge in [0.2, 0.25) is 0 Å². The first-order valence-corrected chi connectivity index (χ1v) is 2.23. The van der Waals surface area contributed by atoms with Crippen molar-refractivity contribution in [2.24, 2.45) is 0 Å². The van der Waals surface area contributed by atoms with Crippen LogP contribution < -0.4 is 0 Å². The topological polar surface area (TPSA) is 0 Å². The van der Waals surface area contributed by atoms with Gasteiger partial charge >= 0.3 is 0 Å². The summed E-state index contributed by atoms with van der Waals surface area (Å²) in [5, 5.41) is 0. The summed E-state index contributed by atoms with van der Waals surface area (Å²) in [4.78, 5) is 0. The van der Waals surface area contributed by atoms with Crippen molar-refractivity contribution in [2.75, 3.05) is 0 Å². The molecule has 0 aromatic carbocycles. The van der Waals surface area contributed by atoms with E-state index in [0.29, 0.717) is 0 Å². The molecule has 0 aromatic heterocycles. The van der Waals surface area contributed by atoms with Crippen LogP contribution in [0.1, 0.15) is 12.8 Å². The van der Waals surface area contributed by atoms with Gasteiger partial charge in [-0.1, -0.05) is 12.8 Å². The Morgan fingerprint density at radius 3 is 1.89 bits per heavy atom. The van der Waals surface area contributed by atoms with E-state index in [-0.39, 0.29) is 35.9 Å². The zero-order chi connectivity index (χ0) is 4.24. The van der Waals surface area contributed by atoms with Gasteiger partial charge in [-0.25, -0.2) is 12.2 Å². The smallest absolute Gasteiger partial charge is 0 e. The van der Waals surface area contributed by atoms with Crippen molar-refractivity contribution in [3.63, 3.8) is 0 Å². The van der Waals surface area contributed by atoms with Crippen molar-refractivity contribution < 1.29 is 21.1 Å². The second kappa shape index (κ2) is 11.0. The molecule has 0 radical (unpaired) electrons. The van der Waals surface area contributed by atoms with Crippen LogP contribution in [-0.4, -0.2) is 0 Å². The molecule has 0 unspecified atom stereocenters. The van der Waals surface area contributed by atoms with Crippen LogP contribution in [0.2, 0.25) is 0 Å². The number of hydrogen-bond acceptors (Lipinski definition) is 0. The van der Waals surface area contributed by atoms with Crippen molar-refractivity contribution in [1.29, 1.82) is 0 Å². The molecule has 0 bridgehead atoms. The van der Waals surface area contributed by atoms with Crippen LogP contribution in [0.15, 0.2) is 18.2 Å². The molecular weight excluding hydrogens is 291 g/mol. The molecular formula is C8H13Pt-3. The zero-order valence-electron chi connectivity index (χ0n) is 5.96. The summed E-state index contributed by atoms with van der Waals surface area (Å²) in [6.07, 6.45) is 11.5. The van der Waals surface area contributed by atoms with E-state index in [9.17, 15) is 0 Å². The van der Waals surface area contributed by atoms with Crippen LogP contribution in [0.3, 0.4) is 0 Å². The van der Waals surface area contributed by atoms with E-state index in [1.807, 2.05) is 6.08 Å². The molecule has 0 aliphatic heterocycles. The van der Waals surface area contributed by atoms with Gasteiger partial charge in [-0.2, -0.15) is 6.08 Å². The van der Waals surface area contributed by atoms with E-state index in [1.54, 1.807) is 0 Å². The van der Waals surface area contributed by atoms with Crippen LogP contribution in [0.5, 0.6) is 0 Å². The van der Waals surface area contributed by atoms with Crippen molar-refractivity contribution >= 4 is 0 Å². The Bertz CT molecular complexity index is 70.6. The number of rotatable bonds is 0. The molecule has 1 aliphatic rings. The fourth-order valence-corrected chi connectivity index (χ4v) is 0.482. The van der Waals surface area contributed by atoms with E-state index in [4.69, 9.17) is 0 Å². The van der Waals surface area contributed by atoms with Gasteiger partial charge in [0, 0.05) is 21.1 Å². The first-order chi connectivity index (χ1) is 3.00. The van der Waals surface area contributed by atoms with Crippen molar-refractivity contribution in [1.82, 2.24) is 0 Å². The monoisotopic (exact) mass is 304 g/mol. The quantitative estimate of drug-likeness (QED) is 0.604. The maximum Gasteiger partial charge on any atom is 0 e. The summed E-state index contributed by atoms with van der Waals surface area (Å²) in [6.45, 7) is 0. The standard InChI is InChI=1S/C6H7.2CH3.Pt/c1-2-4-6-5-3-1;;;/h1-2,6H,3,5H2;2*1H3;/q3*-1;. The Balaban J connectivity index is -0.000000120. The van der Waals surface area contributed by atoms with Gasteiger partial charge in [-0.3, -0.25) is 6.08 Å². The fraction of sp³-hybridized carbons (Fsp3) is 0.250. The van der Waals surface area contributed by atoms with Gasteiger partial charge in [0.1, 0.15) is 0 Å². The minimum Gasteiger partial charge on any atom is -0.358 e. The summed E-state index contributed by atoms with van der Waals surface area (Å²) >= 11 is 0. The molecule has 0 nitrogen and oxygen atoms in total. The Hall–Kier alpha value is 0.168. The average molecular weight is 304 g/mol. The SMILES string of the molecule is [C-]1=CCCC=C1.[CH3-].[CH3-].[Pt]. The van der Waals surface area contributed by atoms with Gasteiger partial charge in [0.25, 0.3) is 0 Å². The molecule has 0 N–H and O–H groups in total. The third-order valence-corrected chi connectivity index (χ3v) is 0.810. The molecule has 0 amide bonds. The molecule has 0 atom stereocenters. The van der Waals surface area contributed by atoms with Crippen LogP contribution in [0.25, 0.3) is 0 Å². The Labute approximate surface area is 73.3 Å². The molecule has 0 aromatic rings. The largest absolute Gasteiger partial charge is 0.358 e. The molecule has 0 fully saturated rings. The van der Waals surface area contributed by atoms with Gasteiger partial charge < -0.3 is 14.9 Å². The molecule has 1 rings (SSSR count). The van der Waals surface area contributed by atoms with Gasteiger partial charge in [0.15, 0.2) is 0 Å². The average Bonchev–Trinajstić information content (AvgIpc) is 1.72. The second-order valence-corrected chi connectivity index (χ2v) is 1.35. The van der Waals surface area contributed by atoms with Crippen molar-refractivity contribution in [3.05, 3.63) is 39.2 Å². The third kappa shape index (κ3) is 8.17. The van der Waals surface area contributed by atoms with E-state index < -0.39 is 0 Å². The molecule has 9 heavy (non-hydrogen) atoms. The minimum absolute atomic E-state index is 0. The second-order valence-electron chi connectivity index (χ2n) is 1.35. The van der Waals surface area contributed by atoms with Crippen LogP contribution in [0.4, 0.5) is 0 Å². The maximum atomic E-state index is 2.98. The van der Waals surface area contributed by atoms with Gasteiger partial charge in [-0.15, -0.1) is 0 Å². The predicted molar refractivity (Wildman–Crippen MR) is 39.0 cm³/mol. The number of allylic oxidation sites excluding steroid dienone is 4. The summed E-state index contributed by atoms with van der Waals surface area (Å²) in [6, 6.07) is 0. The Morgan fingerprint density at radius 2 is 1.78 bits per heavy atom. The van der Waals surface area contributed by atoms with Crippen molar-refractivity contribution in [3.8, 4) is 0 Å². The Kier molecular flexibility index (Phi) is 19.7. The van der Waals surface area contributed by atoms with E-state index in [1.165, 1.54) is 12.8 Å². The molecule has 0 spiro atoms. The number of hydrogen-bond donors (Lipinski definition) is 0.